The van der Waals surface area contributed by atoms with Crippen LogP contribution in [-0.2, 0) is 27.3 Å². The number of hydrogen-bond acceptors (Lipinski definition) is 7. The van der Waals surface area contributed by atoms with Gasteiger partial charge in [0.2, 0.25) is 5.91 Å². The fourth-order valence-corrected chi connectivity index (χ4v) is 8.75. The number of hydrogen-bond donors (Lipinski definition) is 2. The standard InChI is InChI=1S/C43H54Cl2N2O7/c1-28-20-39(44)41(40(45)21-28)53-19-18-52-34-13-9-31(10-14-34)36-15-16-46-25-38(36)42(48)47(33-11-12-33)26-30-22-29(6-5-17-51-2)23-35(24-30)54-27-32-7-3-4-8-37(32)43(49)50/h9-10,13-14,20-24,32-33,36-38,46H,3-8,11-12,15-19,25-27H2,1-2H3,(H,49,50)/t32-,36+,37+,38-/m0/s1. The summed E-state index contributed by atoms with van der Waals surface area (Å²) < 4.78 is 23.5. The summed E-state index contributed by atoms with van der Waals surface area (Å²) in [5.41, 5.74) is 4.27. The van der Waals surface area contributed by atoms with Gasteiger partial charge in [-0.05, 0) is 123 Å². The third kappa shape index (κ3) is 10.8. The quantitative estimate of drug-likeness (QED) is 0.124. The van der Waals surface area contributed by atoms with E-state index in [4.69, 9.17) is 42.1 Å². The number of benzene rings is 3. The zero-order chi connectivity index (χ0) is 38.0. The summed E-state index contributed by atoms with van der Waals surface area (Å²) in [6.07, 6.45) is 8.13. The molecule has 3 aromatic rings. The Morgan fingerprint density at radius 1 is 0.833 bits per heavy atom. The highest BCUT2D eigenvalue weighted by molar-refractivity contribution is 6.37. The van der Waals surface area contributed by atoms with Crippen LogP contribution in [0.1, 0.15) is 79.5 Å². The van der Waals surface area contributed by atoms with Gasteiger partial charge in [0, 0.05) is 38.8 Å². The third-order valence-electron chi connectivity index (χ3n) is 11.0. The first-order valence-corrected chi connectivity index (χ1v) is 20.3. The van der Waals surface area contributed by atoms with Crippen LogP contribution in [0.2, 0.25) is 10.0 Å². The molecular formula is C43H54Cl2N2O7. The Morgan fingerprint density at radius 3 is 2.28 bits per heavy atom. The lowest BCUT2D eigenvalue weighted by atomic mass is 9.80. The molecule has 1 aliphatic heterocycles. The van der Waals surface area contributed by atoms with Crippen molar-refractivity contribution in [1.82, 2.24) is 10.2 Å². The minimum atomic E-state index is -0.729. The highest BCUT2D eigenvalue weighted by atomic mass is 35.5. The van der Waals surface area contributed by atoms with Crippen molar-refractivity contribution in [3.05, 3.63) is 86.9 Å². The molecule has 0 bridgehead atoms. The van der Waals surface area contributed by atoms with Gasteiger partial charge in [0.05, 0.1) is 28.5 Å². The molecule has 292 valence electrons. The zero-order valence-corrected chi connectivity index (χ0v) is 33.0. The summed E-state index contributed by atoms with van der Waals surface area (Å²) in [6, 6.07) is 18.3. The molecule has 3 aliphatic rings. The molecule has 11 heteroatoms. The number of carbonyl (C=O) groups excluding carboxylic acids is 1. The zero-order valence-electron chi connectivity index (χ0n) is 31.5. The van der Waals surface area contributed by atoms with Gasteiger partial charge in [0.1, 0.15) is 24.7 Å². The van der Waals surface area contributed by atoms with E-state index in [1.807, 2.05) is 37.3 Å². The van der Waals surface area contributed by atoms with Crippen LogP contribution in [0.25, 0.3) is 0 Å². The Hall–Kier alpha value is -3.50. The van der Waals surface area contributed by atoms with E-state index in [1.54, 1.807) is 7.11 Å². The van der Waals surface area contributed by atoms with Gasteiger partial charge in [-0.1, -0.05) is 54.2 Å². The van der Waals surface area contributed by atoms with Gasteiger partial charge >= 0.3 is 5.97 Å². The van der Waals surface area contributed by atoms with E-state index >= 15 is 0 Å². The first-order chi connectivity index (χ1) is 26.2. The van der Waals surface area contributed by atoms with Gasteiger partial charge in [-0.15, -0.1) is 0 Å². The largest absolute Gasteiger partial charge is 0.493 e. The maximum Gasteiger partial charge on any atom is 0.306 e. The maximum absolute atomic E-state index is 14.5. The van der Waals surface area contributed by atoms with Gasteiger partial charge in [0.25, 0.3) is 0 Å². The fraction of sp³-hybridized carbons (Fsp3) is 0.535. The molecule has 1 heterocycles. The molecule has 4 atom stereocenters. The molecule has 3 aromatic carbocycles. The normalized spacial score (nSPS) is 21.3. The van der Waals surface area contributed by atoms with Crippen molar-refractivity contribution in [2.45, 2.75) is 83.2 Å². The Kier molecular flexibility index (Phi) is 14.4. The van der Waals surface area contributed by atoms with Crippen molar-refractivity contribution >= 4 is 35.1 Å². The SMILES string of the molecule is COCCCc1cc(CN(C(=O)[C@H]2CNCC[C@@H]2c2ccc(OCCOc3c(Cl)cc(C)cc3Cl)cc2)C2CC2)cc(OC[C@@H]2CCCC[C@H]2C(=O)O)c1. The summed E-state index contributed by atoms with van der Waals surface area (Å²) in [4.78, 5) is 28.6. The number of carbonyl (C=O) groups is 2. The number of ether oxygens (including phenoxy) is 4. The second-order valence-electron chi connectivity index (χ2n) is 15.1. The van der Waals surface area contributed by atoms with E-state index in [0.29, 0.717) is 61.7 Å². The van der Waals surface area contributed by atoms with Gasteiger partial charge < -0.3 is 34.3 Å². The number of carboxylic acids is 1. The average Bonchev–Trinajstić information content (AvgIpc) is 4.01. The van der Waals surface area contributed by atoms with Crippen molar-refractivity contribution in [3.63, 3.8) is 0 Å². The molecule has 1 amide bonds. The van der Waals surface area contributed by atoms with E-state index in [1.165, 1.54) is 0 Å². The van der Waals surface area contributed by atoms with E-state index < -0.39 is 5.97 Å². The fourth-order valence-electron chi connectivity index (χ4n) is 8.04. The number of rotatable bonds is 18. The number of amides is 1. The number of nitrogens with zero attached hydrogens (tertiary/aromatic N) is 1. The summed E-state index contributed by atoms with van der Waals surface area (Å²) >= 11 is 12.6. The average molecular weight is 782 g/mol. The Labute approximate surface area is 329 Å². The van der Waals surface area contributed by atoms with Crippen LogP contribution in [0.15, 0.2) is 54.6 Å². The summed E-state index contributed by atoms with van der Waals surface area (Å²) in [6.45, 7) is 5.58. The van der Waals surface area contributed by atoms with Crippen molar-refractivity contribution in [2.75, 3.05) is 46.6 Å². The van der Waals surface area contributed by atoms with Gasteiger partial charge in [0.15, 0.2) is 5.75 Å². The van der Waals surface area contributed by atoms with Crippen LogP contribution in [-0.4, -0.2) is 74.6 Å². The second kappa shape index (κ2) is 19.4. The molecular weight excluding hydrogens is 727 g/mol. The number of aryl methyl sites for hydroxylation is 2. The van der Waals surface area contributed by atoms with Gasteiger partial charge in [-0.2, -0.15) is 0 Å². The van der Waals surface area contributed by atoms with Crippen molar-refractivity contribution in [2.24, 2.45) is 17.8 Å². The first kappa shape index (κ1) is 40.2. The van der Waals surface area contributed by atoms with Crippen LogP contribution in [0, 0.1) is 24.7 Å². The molecule has 2 aliphatic carbocycles. The molecule has 3 fully saturated rings. The molecule has 0 aromatic heterocycles. The lowest BCUT2D eigenvalue weighted by molar-refractivity contribution is -0.145. The summed E-state index contributed by atoms with van der Waals surface area (Å²) in [5, 5.41) is 14.2. The second-order valence-corrected chi connectivity index (χ2v) is 15.9. The summed E-state index contributed by atoms with van der Waals surface area (Å²) in [7, 11) is 1.71. The van der Waals surface area contributed by atoms with Crippen LogP contribution in [0.3, 0.4) is 0 Å². The van der Waals surface area contributed by atoms with Crippen molar-refractivity contribution in [1.29, 1.82) is 0 Å². The minimum absolute atomic E-state index is 0.00456. The number of nitrogens with one attached hydrogen (secondary N) is 1. The monoisotopic (exact) mass is 780 g/mol. The number of methoxy groups -OCH3 is 1. The lowest BCUT2D eigenvalue weighted by Gasteiger charge is -2.36. The predicted molar refractivity (Wildman–Crippen MR) is 211 cm³/mol. The molecule has 0 radical (unpaired) electrons. The van der Waals surface area contributed by atoms with E-state index in [0.717, 1.165) is 91.7 Å². The lowest BCUT2D eigenvalue weighted by Crippen LogP contribution is -2.47. The van der Waals surface area contributed by atoms with Crippen LogP contribution < -0.4 is 19.5 Å². The highest BCUT2D eigenvalue weighted by Crippen LogP contribution is 2.38. The molecule has 6 rings (SSSR count). The topological polar surface area (TPSA) is 107 Å². The Bertz CT molecular complexity index is 1690. The van der Waals surface area contributed by atoms with E-state index in [9.17, 15) is 14.7 Å². The molecule has 9 nitrogen and oxygen atoms in total. The molecule has 2 N–H and O–H groups in total. The van der Waals surface area contributed by atoms with Gasteiger partial charge in [-0.25, -0.2) is 0 Å². The van der Waals surface area contributed by atoms with E-state index in [2.05, 4.69) is 34.5 Å². The third-order valence-corrected chi connectivity index (χ3v) is 11.6. The summed E-state index contributed by atoms with van der Waals surface area (Å²) in [5.74, 6) is 0.900. The van der Waals surface area contributed by atoms with Gasteiger partial charge in [-0.3, -0.25) is 9.59 Å². The Morgan fingerprint density at radius 2 is 1.56 bits per heavy atom. The minimum Gasteiger partial charge on any atom is -0.493 e. The number of halogens is 2. The number of piperidine rings is 1. The van der Waals surface area contributed by atoms with E-state index in [-0.39, 0.29) is 35.6 Å². The Balaban J connectivity index is 1.11. The highest BCUT2D eigenvalue weighted by Gasteiger charge is 2.40. The molecule has 0 spiro atoms. The smallest absolute Gasteiger partial charge is 0.306 e. The molecule has 54 heavy (non-hydrogen) atoms. The van der Waals surface area contributed by atoms with Crippen LogP contribution in [0.4, 0.5) is 0 Å². The van der Waals surface area contributed by atoms with Crippen LogP contribution in [0.5, 0.6) is 17.2 Å². The molecule has 1 saturated heterocycles. The maximum atomic E-state index is 14.5. The predicted octanol–water partition coefficient (Wildman–Crippen LogP) is 8.49. The first-order valence-electron chi connectivity index (χ1n) is 19.5. The number of aliphatic carboxylic acids is 1. The molecule has 0 unspecified atom stereocenters. The number of carboxylic acid groups (broad SMARTS) is 1. The van der Waals surface area contributed by atoms with Crippen LogP contribution >= 0.6 is 23.2 Å². The van der Waals surface area contributed by atoms with Crippen molar-refractivity contribution < 1.29 is 33.6 Å². The molecule has 2 saturated carbocycles. The van der Waals surface area contributed by atoms with Crippen molar-refractivity contribution in [3.8, 4) is 17.2 Å².